The van der Waals surface area contributed by atoms with Gasteiger partial charge in [-0.2, -0.15) is 0 Å². The van der Waals surface area contributed by atoms with Crippen molar-refractivity contribution in [3.05, 3.63) is 47.7 Å². The summed E-state index contributed by atoms with van der Waals surface area (Å²) in [5.74, 6) is 0.895. The maximum Gasteiger partial charge on any atom is 0.184 e. The fourth-order valence-corrected chi connectivity index (χ4v) is 3.88. The van der Waals surface area contributed by atoms with Gasteiger partial charge in [-0.1, -0.05) is 57.5 Å². The number of hydrogen-bond acceptors (Lipinski definition) is 5. The van der Waals surface area contributed by atoms with Gasteiger partial charge in [0.2, 0.25) is 0 Å². The molecule has 138 valence electrons. The van der Waals surface area contributed by atoms with Gasteiger partial charge in [0.25, 0.3) is 0 Å². The normalized spacial score (nSPS) is 29.2. The second kappa shape index (κ2) is 9.08. The summed E-state index contributed by atoms with van der Waals surface area (Å²) in [5.41, 5.74) is 1.01. The fourth-order valence-electron chi connectivity index (χ4n) is 2.92. The van der Waals surface area contributed by atoms with Gasteiger partial charge in [-0.25, -0.2) is 0 Å². The Morgan fingerprint density at radius 2 is 2.00 bits per heavy atom. The van der Waals surface area contributed by atoms with Crippen molar-refractivity contribution < 1.29 is 18.9 Å². The summed E-state index contributed by atoms with van der Waals surface area (Å²) in [6.07, 6.45) is 3.51. The van der Waals surface area contributed by atoms with Gasteiger partial charge in [0, 0.05) is 10.8 Å². The molecule has 0 spiro atoms. The largest absolute Gasteiger partial charge is 0.495 e. The predicted octanol–water partition coefficient (Wildman–Crippen LogP) is 4.67. The summed E-state index contributed by atoms with van der Waals surface area (Å²) in [6.45, 7) is 7.73. The Morgan fingerprint density at radius 3 is 2.72 bits per heavy atom. The van der Waals surface area contributed by atoms with E-state index in [1.807, 2.05) is 30.3 Å². The summed E-state index contributed by atoms with van der Waals surface area (Å²) >= 11 is 1.78. The van der Waals surface area contributed by atoms with Crippen molar-refractivity contribution in [3.63, 3.8) is 0 Å². The third-order valence-electron chi connectivity index (χ3n) is 4.15. The van der Waals surface area contributed by atoms with Gasteiger partial charge < -0.3 is 18.9 Å². The van der Waals surface area contributed by atoms with Crippen molar-refractivity contribution in [2.24, 2.45) is 0 Å². The lowest BCUT2D eigenvalue weighted by Gasteiger charge is -2.41. The first kappa shape index (κ1) is 18.8. The molecule has 0 N–H and O–H groups in total. The van der Waals surface area contributed by atoms with E-state index in [-0.39, 0.29) is 23.9 Å². The summed E-state index contributed by atoms with van der Waals surface area (Å²) in [6, 6.07) is 10.0. The van der Waals surface area contributed by atoms with Crippen LogP contribution in [0, 0.1) is 0 Å². The van der Waals surface area contributed by atoms with Crippen LogP contribution >= 0.6 is 11.8 Å². The molecule has 2 heterocycles. The van der Waals surface area contributed by atoms with Crippen LogP contribution in [-0.4, -0.2) is 36.1 Å². The van der Waals surface area contributed by atoms with Gasteiger partial charge in [0.1, 0.15) is 23.4 Å². The molecule has 0 saturated carbocycles. The standard InChI is InChI=1S/C20H28O4S/c1-4-5-11-21-16-12-18(25-14(2)3)23-17-13-22-20(24-19(16)17)15-9-7-6-8-10-15/h6-10,12,14,17-20H,4-5,11,13H2,1-3H3. The van der Waals surface area contributed by atoms with E-state index in [0.717, 1.165) is 24.2 Å². The van der Waals surface area contributed by atoms with Crippen molar-refractivity contribution in [1.29, 1.82) is 0 Å². The highest BCUT2D eigenvalue weighted by molar-refractivity contribution is 8.00. The Morgan fingerprint density at radius 1 is 1.20 bits per heavy atom. The number of thioether (sulfide) groups is 1. The highest BCUT2D eigenvalue weighted by atomic mass is 32.2. The predicted molar refractivity (Wildman–Crippen MR) is 100 cm³/mol. The van der Waals surface area contributed by atoms with Gasteiger partial charge in [-0.3, -0.25) is 0 Å². The maximum atomic E-state index is 6.22. The Bertz CT molecular complexity index is 560. The molecular formula is C20H28O4S. The Kier molecular flexibility index (Phi) is 6.82. The molecule has 1 fully saturated rings. The second-order valence-corrected chi connectivity index (χ2v) is 8.31. The Hall–Kier alpha value is -1.01. The van der Waals surface area contributed by atoms with Gasteiger partial charge in [0.15, 0.2) is 6.29 Å². The minimum Gasteiger partial charge on any atom is -0.495 e. The molecule has 1 aromatic carbocycles. The molecule has 4 nitrogen and oxygen atoms in total. The summed E-state index contributed by atoms with van der Waals surface area (Å²) in [7, 11) is 0. The molecule has 4 atom stereocenters. The van der Waals surface area contributed by atoms with E-state index in [9.17, 15) is 0 Å². The molecular weight excluding hydrogens is 336 g/mol. The van der Waals surface area contributed by atoms with E-state index in [2.05, 4.69) is 26.8 Å². The summed E-state index contributed by atoms with van der Waals surface area (Å²) in [5, 5.41) is 0.484. The van der Waals surface area contributed by atoms with E-state index >= 15 is 0 Å². The van der Waals surface area contributed by atoms with Gasteiger partial charge in [-0.05, 0) is 12.5 Å². The first-order valence-electron chi connectivity index (χ1n) is 9.14. The summed E-state index contributed by atoms with van der Waals surface area (Å²) in [4.78, 5) is 0. The van der Waals surface area contributed by atoms with E-state index < -0.39 is 0 Å². The number of rotatable bonds is 7. The van der Waals surface area contributed by atoms with Crippen molar-refractivity contribution in [2.75, 3.05) is 13.2 Å². The number of ether oxygens (including phenoxy) is 4. The van der Waals surface area contributed by atoms with E-state index in [1.54, 1.807) is 11.8 Å². The molecule has 0 amide bonds. The van der Waals surface area contributed by atoms with Crippen LogP contribution in [0.2, 0.25) is 0 Å². The monoisotopic (exact) mass is 364 g/mol. The number of benzene rings is 1. The van der Waals surface area contributed by atoms with Crippen molar-refractivity contribution in [1.82, 2.24) is 0 Å². The zero-order valence-electron chi connectivity index (χ0n) is 15.2. The van der Waals surface area contributed by atoms with Crippen molar-refractivity contribution >= 4 is 11.8 Å². The minimum absolute atomic E-state index is 0.0154. The molecule has 0 aliphatic carbocycles. The van der Waals surface area contributed by atoms with Crippen molar-refractivity contribution in [2.45, 2.75) is 62.8 Å². The molecule has 2 aliphatic rings. The Balaban J connectivity index is 1.74. The van der Waals surface area contributed by atoms with Crippen LogP contribution in [-0.2, 0) is 18.9 Å². The Labute approximate surface area is 154 Å². The van der Waals surface area contributed by atoms with Crippen LogP contribution in [0.3, 0.4) is 0 Å². The minimum atomic E-state index is -0.376. The number of fused-ring (bicyclic) bond motifs is 1. The van der Waals surface area contributed by atoms with Crippen LogP contribution in [0.25, 0.3) is 0 Å². The first-order chi connectivity index (χ1) is 12.2. The molecule has 1 saturated heterocycles. The lowest BCUT2D eigenvalue weighted by molar-refractivity contribution is -0.268. The van der Waals surface area contributed by atoms with Gasteiger partial charge in [0.05, 0.1) is 13.2 Å². The smallest absolute Gasteiger partial charge is 0.184 e. The molecule has 0 radical (unpaired) electrons. The zero-order valence-corrected chi connectivity index (χ0v) is 16.0. The van der Waals surface area contributed by atoms with Gasteiger partial charge in [-0.15, -0.1) is 11.8 Å². The van der Waals surface area contributed by atoms with Crippen LogP contribution in [0.15, 0.2) is 42.2 Å². The van der Waals surface area contributed by atoms with E-state index in [1.165, 1.54) is 0 Å². The third kappa shape index (κ3) is 5.00. The van der Waals surface area contributed by atoms with E-state index in [0.29, 0.717) is 18.5 Å². The lowest BCUT2D eigenvalue weighted by atomic mass is 10.1. The topological polar surface area (TPSA) is 36.9 Å². The first-order valence-corrected chi connectivity index (χ1v) is 10.1. The average molecular weight is 365 g/mol. The molecule has 3 rings (SSSR count). The zero-order chi connectivity index (χ0) is 17.6. The highest BCUT2D eigenvalue weighted by Gasteiger charge is 2.41. The quantitative estimate of drug-likeness (QED) is 0.657. The van der Waals surface area contributed by atoms with Crippen LogP contribution in [0.1, 0.15) is 45.5 Å². The molecule has 5 heteroatoms. The number of hydrogen-bond donors (Lipinski definition) is 0. The maximum absolute atomic E-state index is 6.22. The van der Waals surface area contributed by atoms with Gasteiger partial charge >= 0.3 is 0 Å². The molecule has 0 aromatic heterocycles. The molecule has 1 aromatic rings. The van der Waals surface area contributed by atoms with Crippen molar-refractivity contribution in [3.8, 4) is 0 Å². The molecule has 0 bridgehead atoms. The molecule has 2 aliphatic heterocycles. The average Bonchev–Trinajstić information content (AvgIpc) is 2.62. The molecule has 4 unspecified atom stereocenters. The highest BCUT2D eigenvalue weighted by Crippen LogP contribution is 2.37. The third-order valence-corrected chi connectivity index (χ3v) is 5.21. The van der Waals surface area contributed by atoms with E-state index in [4.69, 9.17) is 18.9 Å². The lowest BCUT2D eigenvalue weighted by Crippen LogP contribution is -2.47. The molecule has 25 heavy (non-hydrogen) atoms. The number of unbranched alkanes of at least 4 members (excludes halogenated alkanes) is 1. The summed E-state index contributed by atoms with van der Waals surface area (Å²) < 4.78 is 24.4. The second-order valence-electron chi connectivity index (χ2n) is 6.63. The van der Waals surface area contributed by atoms with Crippen LogP contribution in [0.4, 0.5) is 0 Å². The van der Waals surface area contributed by atoms with Crippen LogP contribution < -0.4 is 0 Å². The van der Waals surface area contributed by atoms with Crippen LogP contribution in [0.5, 0.6) is 0 Å². The fraction of sp³-hybridized carbons (Fsp3) is 0.600. The SMILES string of the molecule is CCCCOC1=CC(SC(C)C)OC2COC(c3ccccc3)OC12.